The topological polar surface area (TPSA) is 110 Å². The van der Waals surface area contributed by atoms with E-state index >= 15 is 0 Å². The van der Waals surface area contributed by atoms with Gasteiger partial charge in [-0.25, -0.2) is 13.6 Å². The molecule has 1 heterocycles. The molecule has 2 amide bonds. The number of carbonyl (C=O) groups excluding carboxylic acids is 2. The van der Waals surface area contributed by atoms with E-state index in [-0.39, 0.29) is 30.0 Å². The number of amides is 2. The average Bonchev–Trinajstić information content (AvgIpc) is 2.55. The van der Waals surface area contributed by atoms with Crippen LogP contribution in [0.5, 0.6) is 0 Å². The van der Waals surface area contributed by atoms with Gasteiger partial charge in [-0.2, -0.15) is 0 Å². The van der Waals surface area contributed by atoms with Crippen molar-refractivity contribution in [3.05, 3.63) is 42.5 Å². The Labute approximate surface area is 147 Å². The summed E-state index contributed by atoms with van der Waals surface area (Å²) in [6.07, 6.45) is 3.76. The maximum absolute atomic E-state index is 12.6. The van der Waals surface area contributed by atoms with Crippen LogP contribution in [0.25, 0.3) is 0 Å². The van der Waals surface area contributed by atoms with Crippen molar-refractivity contribution in [3.8, 4) is 0 Å². The number of rotatable bonds is 6. The predicted octanol–water partition coefficient (Wildman–Crippen LogP) is 1.02. The molecular formula is C17H23N3O4S. The highest BCUT2D eigenvalue weighted by Gasteiger charge is 2.29. The third kappa shape index (κ3) is 5.99. The number of nitrogens with zero attached hydrogens (tertiary/aromatic N) is 1. The SMILES string of the molecule is C=CC(=O)Nc1ccc(CC(=O)N2CCCCC2CS(N)(=O)=O)cc1. The number of hydrogen-bond acceptors (Lipinski definition) is 4. The minimum atomic E-state index is -3.62. The van der Waals surface area contributed by atoms with E-state index in [4.69, 9.17) is 5.14 Å². The molecule has 1 aromatic rings. The van der Waals surface area contributed by atoms with Gasteiger partial charge in [0, 0.05) is 18.3 Å². The fourth-order valence-electron chi connectivity index (χ4n) is 2.95. The minimum absolute atomic E-state index is 0.115. The second kappa shape index (κ2) is 8.26. The van der Waals surface area contributed by atoms with Crippen LogP contribution < -0.4 is 10.5 Å². The maximum Gasteiger partial charge on any atom is 0.247 e. The number of benzene rings is 1. The number of anilines is 1. The second-order valence-electron chi connectivity index (χ2n) is 6.13. The van der Waals surface area contributed by atoms with Gasteiger partial charge in [0.25, 0.3) is 0 Å². The Morgan fingerprint density at radius 2 is 1.96 bits per heavy atom. The minimum Gasteiger partial charge on any atom is -0.338 e. The van der Waals surface area contributed by atoms with Crippen molar-refractivity contribution in [2.24, 2.45) is 5.14 Å². The molecule has 7 nitrogen and oxygen atoms in total. The molecule has 1 aliphatic heterocycles. The quantitative estimate of drug-likeness (QED) is 0.734. The Kier molecular flexibility index (Phi) is 6.33. The molecule has 25 heavy (non-hydrogen) atoms. The van der Waals surface area contributed by atoms with E-state index in [1.54, 1.807) is 29.2 Å². The lowest BCUT2D eigenvalue weighted by molar-refractivity contribution is -0.133. The summed E-state index contributed by atoms with van der Waals surface area (Å²) in [7, 11) is -3.62. The van der Waals surface area contributed by atoms with Gasteiger partial charge in [0.05, 0.1) is 12.2 Å². The molecule has 1 unspecified atom stereocenters. The van der Waals surface area contributed by atoms with Gasteiger partial charge in [-0.3, -0.25) is 9.59 Å². The summed E-state index contributed by atoms with van der Waals surface area (Å²) >= 11 is 0. The zero-order chi connectivity index (χ0) is 18.4. The van der Waals surface area contributed by atoms with E-state index in [1.807, 2.05) is 0 Å². The molecule has 1 aliphatic rings. The van der Waals surface area contributed by atoms with E-state index in [1.165, 1.54) is 6.08 Å². The smallest absolute Gasteiger partial charge is 0.247 e. The first-order chi connectivity index (χ1) is 11.8. The Hall–Kier alpha value is -2.19. The molecule has 0 aromatic heterocycles. The maximum atomic E-state index is 12.6. The van der Waals surface area contributed by atoms with E-state index < -0.39 is 10.0 Å². The Balaban J connectivity index is 2.01. The highest BCUT2D eigenvalue weighted by atomic mass is 32.2. The molecule has 3 N–H and O–H groups in total. The molecule has 136 valence electrons. The summed E-state index contributed by atoms with van der Waals surface area (Å²) in [5, 5.41) is 7.78. The van der Waals surface area contributed by atoms with E-state index in [0.29, 0.717) is 18.7 Å². The first-order valence-electron chi connectivity index (χ1n) is 8.11. The molecule has 8 heteroatoms. The summed E-state index contributed by atoms with van der Waals surface area (Å²) in [4.78, 5) is 25.5. The molecule has 2 rings (SSSR count). The normalized spacial score (nSPS) is 17.8. The van der Waals surface area contributed by atoms with Crippen molar-refractivity contribution in [1.82, 2.24) is 4.90 Å². The van der Waals surface area contributed by atoms with E-state index in [0.717, 1.165) is 18.4 Å². The lowest BCUT2D eigenvalue weighted by atomic mass is 10.0. The summed E-state index contributed by atoms with van der Waals surface area (Å²) in [5.74, 6) is -0.621. The Bertz CT molecular complexity index is 744. The lowest BCUT2D eigenvalue weighted by Crippen LogP contribution is -2.48. The van der Waals surface area contributed by atoms with Crippen LogP contribution in [0.3, 0.4) is 0 Å². The highest BCUT2D eigenvalue weighted by Crippen LogP contribution is 2.20. The van der Waals surface area contributed by atoms with Gasteiger partial charge in [-0.1, -0.05) is 18.7 Å². The Morgan fingerprint density at radius 1 is 1.28 bits per heavy atom. The van der Waals surface area contributed by atoms with Crippen molar-refractivity contribution < 1.29 is 18.0 Å². The number of likely N-dealkylation sites (tertiary alicyclic amines) is 1. The molecule has 0 saturated carbocycles. The number of carbonyl (C=O) groups is 2. The van der Waals surface area contributed by atoms with Crippen molar-refractivity contribution in [1.29, 1.82) is 0 Å². The predicted molar refractivity (Wildman–Crippen MR) is 96.3 cm³/mol. The van der Waals surface area contributed by atoms with Crippen LogP contribution in [0.1, 0.15) is 24.8 Å². The third-order valence-corrected chi connectivity index (χ3v) is 4.98. The molecule has 1 fully saturated rings. The molecule has 1 aromatic carbocycles. The first-order valence-corrected chi connectivity index (χ1v) is 9.82. The van der Waals surface area contributed by atoms with Crippen LogP contribution in [-0.4, -0.2) is 43.5 Å². The van der Waals surface area contributed by atoms with E-state index in [9.17, 15) is 18.0 Å². The number of nitrogens with one attached hydrogen (secondary N) is 1. The number of primary sulfonamides is 1. The van der Waals surface area contributed by atoms with Crippen molar-refractivity contribution in [2.45, 2.75) is 31.7 Å². The number of nitrogens with two attached hydrogens (primary N) is 1. The van der Waals surface area contributed by atoms with Gasteiger partial charge < -0.3 is 10.2 Å². The number of hydrogen-bond donors (Lipinski definition) is 2. The van der Waals surface area contributed by atoms with E-state index in [2.05, 4.69) is 11.9 Å². The fourth-order valence-corrected chi connectivity index (χ4v) is 3.83. The van der Waals surface area contributed by atoms with Gasteiger partial charge in [0.1, 0.15) is 0 Å². The van der Waals surface area contributed by atoms with Gasteiger partial charge in [-0.15, -0.1) is 0 Å². The summed E-state index contributed by atoms with van der Waals surface area (Å²) in [5.41, 5.74) is 1.41. The van der Waals surface area contributed by atoms with Crippen molar-refractivity contribution in [3.63, 3.8) is 0 Å². The molecule has 0 aliphatic carbocycles. The molecular weight excluding hydrogens is 342 g/mol. The molecule has 0 radical (unpaired) electrons. The average molecular weight is 365 g/mol. The molecule has 1 atom stereocenters. The monoisotopic (exact) mass is 365 g/mol. The van der Waals surface area contributed by atoms with Crippen LogP contribution in [-0.2, 0) is 26.0 Å². The van der Waals surface area contributed by atoms with Gasteiger partial charge in [-0.05, 0) is 43.0 Å². The van der Waals surface area contributed by atoms with Crippen molar-refractivity contribution >= 4 is 27.5 Å². The van der Waals surface area contributed by atoms with Gasteiger partial charge >= 0.3 is 0 Å². The molecule has 0 bridgehead atoms. The van der Waals surface area contributed by atoms with Gasteiger partial charge in [0.2, 0.25) is 21.8 Å². The van der Waals surface area contributed by atoms with Crippen LogP contribution in [0, 0.1) is 0 Å². The zero-order valence-corrected chi connectivity index (χ0v) is 14.8. The van der Waals surface area contributed by atoms with Crippen LogP contribution in [0.2, 0.25) is 0 Å². The number of piperidine rings is 1. The zero-order valence-electron chi connectivity index (χ0n) is 14.0. The standard InChI is InChI=1S/C17H23N3O4S/c1-2-16(21)19-14-8-6-13(7-9-14)11-17(22)20-10-4-3-5-15(20)12-25(18,23)24/h2,6-9,15H,1,3-5,10-12H2,(H,19,21)(H2,18,23,24). The van der Waals surface area contributed by atoms with Crippen LogP contribution in [0.15, 0.2) is 36.9 Å². The lowest BCUT2D eigenvalue weighted by Gasteiger charge is -2.35. The van der Waals surface area contributed by atoms with Crippen molar-refractivity contribution in [2.75, 3.05) is 17.6 Å². The summed E-state index contributed by atoms with van der Waals surface area (Å²) in [6.45, 7) is 3.93. The Morgan fingerprint density at radius 3 is 2.56 bits per heavy atom. The number of sulfonamides is 1. The highest BCUT2D eigenvalue weighted by molar-refractivity contribution is 7.89. The fraction of sp³-hybridized carbons (Fsp3) is 0.412. The summed E-state index contributed by atoms with van der Waals surface area (Å²) < 4.78 is 22.7. The first kappa shape index (κ1) is 19.1. The van der Waals surface area contributed by atoms with Crippen LogP contribution >= 0.6 is 0 Å². The van der Waals surface area contributed by atoms with Gasteiger partial charge in [0.15, 0.2) is 0 Å². The third-order valence-electron chi connectivity index (χ3n) is 4.13. The summed E-state index contributed by atoms with van der Waals surface area (Å²) in [6, 6.07) is 6.58. The molecule has 0 spiro atoms. The second-order valence-corrected chi connectivity index (χ2v) is 7.79. The largest absolute Gasteiger partial charge is 0.338 e. The van der Waals surface area contributed by atoms with Crippen LogP contribution in [0.4, 0.5) is 5.69 Å². The molecule has 1 saturated heterocycles.